The first-order valence-corrected chi connectivity index (χ1v) is 6.94. The molecule has 1 atom stereocenters. The van der Waals surface area contributed by atoms with Crippen LogP contribution in [0.2, 0.25) is 0 Å². The molecular weight excluding hydrogens is 254 g/mol. The number of amides is 2. The standard InChI is InChI=1S/C15H21N3O2/c1-11(19)17-13-7-9-18(10-8-13)15(20)14(16)12-5-3-2-4-6-12/h2-6,13-14H,7-10,16H2,1H3,(H,17,19)/t14-/m1/s1. The van der Waals surface area contributed by atoms with E-state index in [4.69, 9.17) is 5.73 Å². The van der Waals surface area contributed by atoms with E-state index in [-0.39, 0.29) is 17.9 Å². The van der Waals surface area contributed by atoms with Crippen LogP contribution in [0.3, 0.4) is 0 Å². The van der Waals surface area contributed by atoms with Crippen LogP contribution in [0.5, 0.6) is 0 Å². The van der Waals surface area contributed by atoms with Crippen LogP contribution in [0.1, 0.15) is 31.4 Å². The number of nitrogens with two attached hydrogens (primary N) is 1. The van der Waals surface area contributed by atoms with E-state index in [9.17, 15) is 9.59 Å². The maximum absolute atomic E-state index is 12.3. The van der Waals surface area contributed by atoms with Gasteiger partial charge in [0.15, 0.2) is 0 Å². The lowest BCUT2D eigenvalue weighted by molar-refractivity contribution is -0.133. The second kappa shape index (κ2) is 6.52. The van der Waals surface area contributed by atoms with Crippen molar-refractivity contribution < 1.29 is 9.59 Å². The molecule has 1 aliphatic rings. The topological polar surface area (TPSA) is 75.4 Å². The van der Waals surface area contributed by atoms with Crippen LogP contribution in [-0.4, -0.2) is 35.8 Å². The predicted molar refractivity (Wildman–Crippen MR) is 76.8 cm³/mol. The SMILES string of the molecule is CC(=O)NC1CCN(C(=O)[C@H](N)c2ccccc2)CC1. The van der Waals surface area contributed by atoms with Crippen molar-refractivity contribution in [3.05, 3.63) is 35.9 Å². The summed E-state index contributed by atoms with van der Waals surface area (Å²) in [5, 5.41) is 2.89. The highest BCUT2D eigenvalue weighted by atomic mass is 16.2. The fourth-order valence-corrected chi connectivity index (χ4v) is 2.53. The third kappa shape index (κ3) is 3.57. The number of hydrogen-bond acceptors (Lipinski definition) is 3. The molecule has 0 saturated carbocycles. The number of likely N-dealkylation sites (tertiary alicyclic amines) is 1. The van der Waals surface area contributed by atoms with Crippen LogP contribution in [0, 0.1) is 0 Å². The number of rotatable bonds is 3. The Kier molecular flexibility index (Phi) is 4.74. The van der Waals surface area contributed by atoms with Gasteiger partial charge in [0.25, 0.3) is 0 Å². The summed E-state index contributed by atoms with van der Waals surface area (Å²) in [6.07, 6.45) is 1.57. The first kappa shape index (κ1) is 14.5. The van der Waals surface area contributed by atoms with Gasteiger partial charge in [0, 0.05) is 26.1 Å². The Hall–Kier alpha value is -1.88. The van der Waals surface area contributed by atoms with Gasteiger partial charge >= 0.3 is 0 Å². The normalized spacial score (nSPS) is 17.6. The van der Waals surface area contributed by atoms with Crippen molar-refractivity contribution in [1.29, 1.82) is 0 Å². The number of hydrogen-bond donors (Lipinski definition) is 2. The minimum absolute atomic E-state index is 0.0178. The molecule has 1 aliphatic heterocycles. The summed E-state index contributed by atoms with van der Waals surface area (Å²) in [5.74, 6) is -0.0618. The molecule has 0 bridgehead atoms. The minimum Gasteiger partial charge on any atom is -0.353 e. The van der Waals surface area contributed by atoms with Crippen molar-refractivity contribution in [2.75, 3.05) is 13.1 Å². The van der Waals surface area contributed by atoms with Crippen molar-refractivity contribution in [3.8, 4) is 0 Å². The summed E-state index contributed by atoms with van der Waals surface area (Å²) in [4.78, 5) is 25.1. The Morgan fingerprint density at radius 3 is 2.40 bits per heavy atom. The van der Waals surface area contributed by atoms with Crippen molar-refractivity contribution in [2.24, 2.45) is 5.73 Å². The molecule has 1 saturated heterocycles. The highest BCUT2D eigenvalue weighted by Crippen LogP contribution is 2.17. The van der Waals surface area contributed by atoms with E-state index in [0.717, 1.165) is 18.4 Å². The summed E-state index contributed by atoms with van der Waals surface area (Å²) >= 11 is 0. The van der Waals surface area contributed by atoms with Gasteiger partial charge < -0.3 is 16.0 Å². The third-order valence-electron chi connectivity index (χ3n) is 3.64. The summed E-state index contributed by atoms with van der Waals surface area (Å²) in [6.45, 7) is 2.80. The van der Waals surface area contributed by atoms with Crippen LogP contribution >= 0.6 is 0 Å². The van der Waals surface area contributed by atoms with Crippen LogP contribution in [0.4, 0.5) is 0 Å². The largest absolute Gasteiger partial charge is 0.353 e. The van der Waals surface area contributed by atoms with Crippen LogP contribution in [-0.2, 0) is 9.59 Å². The zero-order valence-corrected chi connectivity index (χ0v) is 11.7. The second-order valence-electron chi connectivity index (χ2n) is 5.19. The lowest BCUT2D eigenvalue weighted by Crippen LogP contribution is -2.48. The smallest absolute Gasteiger partial charge is 0.244 e. The molecule has 5 nitrogen and oxygen atoms in total. The number of nitrogens with zero attached hydrogens (tertiary/aromatic N) is 1. The molecule has 20 heavy (non-hydrogen) atoms. The van der Waals surface area contributed by atoms with E-state index in [0.29, 0.717) is 13.1 Å². The lowest BCUT2D eigenvalue weighted by atomic mass is 10.0. The highest BCUT2D eigenvalue weighted by Gasteiger charge is 2.27. The Bertz CT molecular complexity index is 467. The average molecular weight is 275 g/mol. The highest BCUT2D eigenvalue weighted by molar-refractivity contribution is 5.83. The molecule has 2 amide bonds. The number of carbonyl (C=O) groups is 2. The number of benzene rings is 1. The summed E-state index contributed by atoms with van der Waals surface area (Å²) in [5.41, 5.74) is 6.86. The van der Waals surface area contributed by atoms with Crippen molar-refractivity contribution in [3.63, 3.8) is 0 Å². The van der Waals surface area contributed by atoms with Gasteiger partial charge in [-0.2, -0.15) is 0 Å². The maximum atomic E-state index is 12.3. The molecule has 1 aromatic carbocycles. The Morgan fingerprint density at radius 1 is 1.25 bits per heavy atom. The molecule has 1 fully saturated rings. The molecule has 3 N–H and O–H groups in total. The average Bonchev–Trinajstić information content (AvgIpc) is 2.47. The molecular formula is C15H21N3O2. The Labute approximate surface area is 119 Å². The first-order chi connectivity index (χ1) is 9.58. The molecule has 0 unspecified atom stereocenters. The first-order valence-electron chi connectivity index (χ1n) is 6.94. The predicted octanol–water partition coefficient (Wildman–Crippen LogP) is 0.814. The zero-order valence-electron chi connectivity index (χ0n) is 11.7. The second-order valence-corrected chi connectivity index (χ2v) is 5.19. The number of carbonyl (C=O) groups excluding carboxylic acids is 2. The van der Waals surface area contributed by atoms with Gasteiger partial charge in [0.1, 0.15) is 6.04 Å². The van der Waals surface area contributed by atoms with E-state index in [1.54, 1.807) is 4.90 Å². The molecule has 0 aromatic heterocycles. The summed E-state index contributed by atoms with van der Waals surface area (Å²) < 4.78 is 0. The van der Waals surface area contributed by atoms with Gasteiger partial charge in [0.05, 0.1) is 0 Å². The molecule has 1 aromatic rings. The molecule has 0 radical (unpaired) electrons. The molecule has 2 rings (SSSR count). The van der Waals surface area contributed by atoms with Crippen molar-refractivity contribution in [1.82, 2.24) is 10.2 Å². The fourth-order valence-electron chi connectivity index (χ4n) is 2.53. The molecule has 5 heteroatoms. The molecule has 108 valence electrons. The van der Waals surface area contributed by atoms with E-state index in [1.165, 1.54) is 6.92 Å². The van der Waals surface area contributed by atoms with E-state index < -0.39 is 6.04 Å². The molecule has 0 spiro atoms. The van der Waals surface area contributed by atoms with Gasteiger partial charge in [-0.05, 0) is 18.4 Å². The van der Waals surface area contributed by atoms with Gasteiger partial charge in [-0.15, -0.1) is 0 Å². The number of nitrogens with one attached hydrogen (secondary N) is 1. The quantitative estimate of drug-likeness (QED) is 0.857. The summed E-state index contributed by atoms with van der Waals surface area (Å²) in [7, 11) is 0. The van der Waals surface area contributed by atoms with Crippen molar-refractivity contribution >= 4 is 11.8 Å². The Morgan fingerprint density at radius 2 is 1.85 bits per heavy atom. The summed E-state index contributed by atoms with van der Waals surface area (Å²) in [6, 6.07) is 8.97. The molecule has 1 heterocycles. The third-order valence-corrected chi connectivity index (χ3v) is 3.64. The van der Waals surface area contributed by atoms with Crippen LogP contribution in [0.25, 0.3) is 0 Å². The number of piperidine rings is 1. The van der Waals surface area contributed by atoms with Crippen LogP contribution < -0.4 is 11.1 Å². The van der Waals surface area contributed by atoms with Crippen LogP contribution in [0.15, 0.2) is 30.3 Å². The van der Waals surface area contributed by atoms with E-state index in [2.05, 4.69) is 5.32 Å². The lowest BCUT2D eigenvalue weighted by Gasteiger charge is -2.33. The van der Waals surface area contributed by atoms with Gasteiger partial charge in [-0.3, -0.25) is 9.59 Å². The molecule has 0 aliphatic carbocycles. The van der Waals surface area contributed by atoms with Gasteiger partial charge in [-0.1, -0.05) is 30.3 Å². The monoisotopic (exact) mass is 275 g/mol. The van der Waals surface area contributed by atoms with Crippen molar-refractivity contribution in [2.45, 2.75) is 31.8 Å². The Balaban J connectivity index is 1.90. The fraction of sp³-hybridized carbons (Fsp3) is 0.467. The minimum atomic E-state index is -0.603. The van der Waals surface area contributed by atoms with Gasteiger partial charge in [-0.25, -0.2) is 0 Å². The van der Waals surface area contributed by atoms with E-state index in [1.807, 2.05) is 30.3 Å². The van der Waals surface area contributed by atoms with Gasteiger partial charge in [0.2, 0.25) is 11.8 Å². The van der Waals surface area contributed by atoms with E-state index >= 15 is 0 Å². The maximum Gasteiger partial charge on any atom is 0.244 e. The zero-order chi connectivity index (χ0) is 14.5.